The van der Waals surface area contributed by atoms with Crippen molar-refractivity contribution >= 4 is 34.8 Å². The fraction of sp³-hybridized carbons (Fsp3) is 0.350. The minimum atomic E-state index is -0.160. The Kier molecular flexibility index (Phi) is 4.85. The van der Waals surface area contributed by atoms with Gasteiger partial charge in [0.25, 0.3) is 0 Å². The molecule has 7 heteroatoms. The number of aromatic nitrogens is 1. The predicted molar refractivity (Wildman–Crippen MR) is 106 cm³/mol. The monoisotopic (exact) mass is 384 g/mol. The van der Waals surface area contributed by atoms with Gasteiger partial charge in [-0.3, -0.25) is 0 Å². The molecule has 2 aromatic rings. The summed E-state index contributed by atoms with van der Waals surface area (Å²) in [5, 5.41) is 3.55. The number of hydrogen-bond donors (Lipinski definition) is 1. The molecule has 0 aliphatic carbocycles. The van der Waals surface area contributed by atoms with Gasteiger partial charge in [-0.05, 0) is 37.1 Å². The van der Waals surface area contributed by atoms with Gasteiger partial charge in [0.05, 0.1) is 18.4 Å². The molecule has 1 aromatic carbocycles. The van der Waals surface area contributed by atoms with Crippen LogP contribution in [-0.2, 0) is 11.2 Å². The second-order valence-corrected chi connectivity index (χ2v) is 7.39. The Labute approximate surface area is 163 Å². The molecular weight excluding hydrogens is 364 g/mol. The number of hydrogen-bond acceptors (Lipinski definition) is 4. The lowest BCUT2D eigenvalue weighted by Crippen LogP contribution is -2.40. The highest BCUT2D eigenvalue weighted by Crippen LogP contribution is 2.31. The molecule has 1 aromatic heterocycles. The topological polar surface area (TPSA) is 66.8 Å². The number of fused-ring (bicyclic) bond motifs is 1. The first-order valence-electron chi connectivity index (χ1n) is 8.96. The van der Waals surface area contributed by atoms with Crippen molar-refractivity contribution in [1.29, 1.82) is 0 Å². The van der Waals surface area contributed by atoms with Crippen LogP contribution in [0, 0.1) is 6.92 Å². The van der Waals surface area contributed by atoms with Crippen molar-refractivity contribution in [2.75, 3.05) is 25.6 Å². The Balaban J connectivity index is 1.53. The summed E-state index contributed by atoms with van der Waals surface area (Å²) in [5.74, 6) is 0.738. The number of amides is 2. The molecule has 1 N–H and O–H groups in total. The number of pyridine rings is 1. The van der Waals surface area contributed by atoms with Gasteiger partial charge >= 0.3 is 6.03 Å². The fourth-order valence-electron chi connectivity index (χ4n) is 3.39. The molecule has 0 saturated carbocycles. The van der Waals surface area contributed by atoms with Crippen molar-refractivity contribution in [3.8, 4) is 0 Å². The predicted octanol–water partition coefficient (Wildman–Crippen LogP) is 3.97. The smallest absolute Gasteiger partial charge is 0.321 e. The minimum absolute atomic E-state index is 0.111. The molecule has 27 heavy (non-hydrogen) atoms. The normalized spacial score (nSPS) is 18.2. The number of ether oxygens (including phenoxy) is 1. The van der Waals surface area contributed by atoms with Gasteiger partial charge < -0.3 is 15.0 Å². The maximum absolute atomic E-state index is 12.5. The number of anilines is 1. The maximum Gasteiger partial charge on any atom is 0.321 e. The molecule has 1 unspecified atom stereocenters. The third-order valence-corrected chi connectivity index (χ3v) is 5.31. The number of halogens is 1. The molecule has 2 aliphatic rings. The quantitative estimate of drug-likeness (QED) is 0.870. The SMILES string of the molecule is Cc1cnc2c(c1)CC(c1cc(NC(=O)N(C)C3CCOC3)ccc1Cl)=N2. The van der Waals surface area contributed by atoms with Gasteiger partial charge in [0.1, 0.15) is 0 Å². The summed E-state index contributed by atoms with van der Waals surface area (Å²) < 4.78 is 5.36. The van der Waals surface area contributed by atoms with Crippen LogP contribution in [0.5, 0.6) is 0 Å². The Hall–Kier alpha value is -2.44. The molecule has 0 bridgehead atoms. The van der Waals surface area contributed by atoms with Crippen LogP contribution in [-0.4, -0.2) is 47.9 Å². The molecule has 0 spiro atoms. The van der Waals surface area contributed by atoms with Gasteiger partial charge in [0.2, 0.25) is 0 Å². The van der Waals surface area contributed by atoms with Crippen molar-refractivity contribution in [2.45, 2.75) is 25.8 Å². The maximum atomic E-state index is 12.5. The van der Waals surface area contributed by atoms with E-state index in [0.717, 1.165) is 34.6 Å². The number of aliphatic imine (C=N–C) groups is 1. The number of aryl methyl sites for hydroxylation is 1. The highest BCUT2D eigenvalue weighted by Gasteiger charge is 2.25. The minimum Gasteiger partial charge on any atom is -0.379 e. The molecular formula is C20H21ClN4O2. The van der Waals surface area contributed by atoms with Crippen LogP contribution in [0.1, 0.15) is 23.1 Å². The summed E-state index contributed by atoms with van der Waals surface area (Å²) >= 11 is 6.41. The lowest BCUT2D eigenvalue weighted by molar-refractivity contribution is 0.164. The molecule has 1 saturated heterocycles. The molecule has 2 amide bonds. The van der Waals surface area contributed by atoms with E-state index in [2.05, 4.69) is 21.4 Å². The number of rotatable bonds is 3. The van der Waals surface area contributed by atoms with Crippen molar-refractivity contribution < 1.29 is 9.53 Å². The Morgan fingerprint density at radius 3 is 3.00 bits per heavy atom. The summed E-state index contributed by atoms with van der Waals surface area (Å²) in [6, 6.07) is 7.50. The van der Waals surface area contributed by atoms with Crippen molar-refractivity contribution in [1.82, 2.24) is 9.88 Å². The van der Waals surface area contributed by atoms with Gasteiger partial charge in [-0.1, -0.05) is 17.7 Å². The first-order valence-corrected chi connectivity index (χ1v) is 9.33. The van der Waals surface area contributed by atoms with E-state index >= 15 is 0 Å². The first kappa shape index (κ1) is 17.9. The Morgan fingerprint density at radius 1 is 1.37 bits per heavy atom. The van der Waals surface area contributed by atoms with Crippen LogP contribution < -0.4 is 5.32 Å². The van der Waals surface area contributed by atoms with E-state index in [4.69, 9.17) is 16.3 Å². The molecule has 1 fully saturated rings. The van der Waals surface area contributed by atoms with Gasteiger partial charge in [-0.25, -0.2) is 14.8 Å². The number of likely N-dealkylation sites (N-methyl/N-ethyl adjacent to an activating group) is 1. The van der Waals surface area contributed by atoms with Crippen LogP contribution in [0.2, 0.25) is 5.02 Å². The summed E-state index contributed by atoms with van der Waals surface area (Å²) in [4.78, 5) is 23.2. The third kappa shape index (κ3) is 3.68. The molecule has 3 heterocycles. The van der Waals surface area contributed by atoms with E-state index in [1.54, 1.807) is 24.1 Å². The number of nitrogens with one attached hydrogen (secondary N) is 1. The highest BCUT2D eigenvalue weighted by molar-refractivity contribution is 6.34. The summed E-state index contributed by atoms with van der Waals surface area (Å²) in [6.45, 7) is 3.29. The van der Waals surface area contributed by atoms with E-state index in [1.165, 1.54) is 0 Å². The summed E-state index contributed by atoms with van der Waals surface area (Å²) in [6.07, 6.45) is 3.35. The van der Waals surface area contributed by atoms with Crippen molar-refractivity contribution in [3.05, 3.63) is 52.2 Å². The molecule has 6 nitrogen and oxygen atoms in total. The van der Waals surface area contributed by atoms with Crippen LogP contribution in [0.15, 0.2) is 35.5 Å². The zero-order valence-corrected chi connectivity index (χ0v) is 16.1. The number of carbonyl (C=O) groups is 1. The average Bonchev–Trinajstić information content (AvgIpc) is 3.31. The van der Waals surface area contributed by atoms with Gasteiger partial charge in [0, 0.05) is 48.1 Å². The number of urea groups is 1. The summed E-state index contributed by atoms with van der Waals surface area (Å²) in [7, 11) is 1.79. The second-order valence-electron chi connectivity index (χ2n) is 6.98. The molecule has 0 radical (unpaired) electrons. The largest absolute Gasteiger partial charge is 0.379 e. The standard InChI is InChI=1S/C20H21ClN4O2/c1-12-7-13-8-18(24-19(13)22-10-12)16-9-14(3-4-17(16)21)23-20(26)25(2)15-5-6-27-11-15/h3-4,7,9-10,15H,5-6,8,11H2,1-2H3,(H,23,26). The van der Waals surface area contributed by atoms with Crippen LogP contribution in [0.3, 0.4) is 0 Å². The summed E-state index contributed by atoms with van der Waals surface area (Å²) in [5.41, 5.74) is 4.57. The number of benzene rings is 1. The Morgan fingerprint density at radius 2 is 2.22 bits per heavy atom. The molecule has 2 aliphatic heterocycles. The van der Waals surface area contributed by atoms with E-state index in [0.29, 0.717) is 30.3 Å². The highest BCUT2D eigenvalue weighted by atomic mass is 35.5. The third-order valence-electron chi connectivity index (χ3n) is 4.98. The zero-order valence-electron chi connectivity index (χ0n) is 15.3. The van der Waals surface area contributed by atoms with Crippen LogP contribution in [0.4, 0.5) is 16.3 Å². The number of carbonyl (C=O) groups excluding carboxylic acids is 1. The second kappa shape index (κ2) is 7.29. The average molecular weight is 385 g/mol. The molecule has 4 rings (SSSR count). The van der Waals surface area contributed by atoms with E-state index in [1.807, 2.05) is 19.2 Å². The van der Waals surface area contributed by atoms with Crippen LogP contribution >= 0.6 is 11.6 Å². The van der Waals surface area contributed by atoms with E-state index in [9.17, 15) is 4.79 Å². The first-order chi connectivity index (χ1) is 13.0. The van der Waals surface area contributed by atoms with Crippen LogP contribution in [0.25, 0.3) is 0 Å². The van der Waals surface area contributed by atoms with Crippen molar-refractivity contribution in [3.63, 3.8) is 0 Å². The fourth-order valence-corrected chi connectivity index (χ4v) is 3.61. The van der Waals surface area contributed by atoms with E-state index in [-0.39, 0.29) is 12.1 Å². The Bertz CT molecular complexity index is 922. The number of nitrogens with zero attached hydrogens (tertiary/aromatic N) is 3. The molecule has 140 valence electrons. The van der Waals surface area contributed by atoms with Gasteiger partial charge in [-0.2, -0.15) is 0 Å². The van der Waals surface area contributed by atoms with Gasteiger partial charge in [0.15, 0.2) is 5.82 Å². The van der Waals surface area contributed by atoms with E-state index < -0.39 is 0 Å². The van der Waals surface area contributed by atoms with Gasteiger partial charge in [-0.15, -0.1) is 0 Å². The molecule has 1 atom stereocenters. The zero-order chi connectivity index (χ0) is 19.0. The van der Waals surface area contributed by atoms with Crippen molar-refractivity contribution in [2.24, 2.45) is 4.99 Å². The lowest BCUT2D eigenvalue weighted by atomic mass is 10.0. The lowest BCUT2D eigenvalue weighted by Gasteiger charge is -2.23.